The molecule has 14 heavy (non-hydrogen) atoms. The summed E-state index contributed by atoms with van der Waals surface area (Å²) < 4.78 is 0. The van der Waals surface area contributed by atoms with Crippen molar-refractivity contribution in [2.45, 2.75) is 31.4 Å². The molecule has 0 amide bonds. The van der Waals surface area contributed by atoms with Crippen molar-refractivity contribution in [3.05, 3.63) is 0 Å². The lowest BCUT2D eigenvalue weighted by atomic mass is 9.70. The van der Waals surface area contributed by atoms with E-state index >= 15 is 0 Å². The van der Waals surface area contributed by atoms with Gasteiger partial charge in [-0.05, 0) is 24.0 Å². The van der Waals surface area contributed by atoms with Gasteiger partial charge in [0.25, 0.3) is 0 Å². The van der Waals surface area contributed by atoms with Crippen LogP contribution in [-0.4, -0.2) is 41.3 Å². The van der Waals surface area contributed by atoms with E-state index in [9.17, 15) is 0 Å². The van der Waals surface area contributed by atoms with Gasteiger partial charge in [-0.1, -0.05) is 13.3 Å². The molecule has 1 saturated heterocycles. The van der Waals surface area contributed by atoms with Crippen LogP contribution in [0.25, 0.3) is 0 Å². The average Bonchev–Trinajstić information content (AvgIpc) is 2.11. The molecule has 2 fully saturated rings. The molecule has 1 unspecified atom stereocenters. The molecule has 1 aliphatic heterocycles. The number of nitrogens with zero attached hydrogens (tertiary/aromatic N) is 1. The summed E-state index contributed by atoms with van der Waals surface area (Å²) in [6.45, 7) is 6.25. The van der Waals surface area contributed by atoms with E-state index < -0.39 is 0 Å². The van der Waals surface area contributed by atoms with E-state index in [1.54, 1.807) is 0 Å². The molecule has 2 aliphatic rings. The topological polar surface area (TPSA) is 3.24 Å². The van der Waals surface area contributed by atoms with E-state index in [0.29, 0.717) is 5.41 Å². The van der Waals surface area contributed by atoms with Crippen molar-refractivity contribution in [2.24, 2.45) is 5.41 Å². The molecule has 1 aliphatic carbocycles. The highest BCUT2D eigenvalue weighted by molar-refractivity contribution is 7.99. The summed E-state index contributed by atoms with van der Waals surface area (Å²) in [5, 5.41) is 0.834. The highest BCUT2D eigenvalue weighted by Crippen LogP contribution is 2.42. The van der Waals surface area contributed by atoms with Gasteiger partial charge < -0.3 is 4.90 Å². The Hall–Kier alpha value is 0.660. The Kier molecular flexibility index (Phi) is 3.72. The van der Waals surface area contributed by atoms with Crippen LogP contribution in [-0.2, 0) is 0 Å². The molecular formula is C11H21NS2. The second kappa shape index (κ2) is 4.67. The molecular weight excluding hydrogens is 210 g/mol. The van der Waals surface area contributed by atoms with Crippen molar-refractivity contribution in [1.29, 1.82) is 0 Å². The Morgan fingerprint density at radius 1 is 1.50 bits per heavy atom. The van der Waals surface area contributed by atoms with E-state index in [4.69, 9.17) is 0 Å². The molecule has 0 radical (unpaired) electrons. The third kappa shape index (κ3) is 2.42. The van der Waals surface area contributed by atoms with Gasteiger partial charge in [0.05, 0.1) is 0 Å². The van der Waals surface area contributed by atoms with Crippen LogP contribution in [0.3, 0.4) is 0 Å². The van der Waals surface area contributed by atoms with Gasteiger partial charge in [-0.25, -0.2) is 0 Å². The lowest BCUT2D eigenvalue weighted by Gasteiger charge is -2.45. The Bertz CT molecular complexity index is 186. The van der Waals surface area contributed by atoms with E-state index in [0.717, 1.165) is 11.0 Å². The lowest BCUT2D eigenvalue weighted by molar-refractivity contribution is 0.0930. The van der Waals surface area contributed by atoms with E-state index in [-0.39, 0.29) is 0 Å². The zero-order chi connectivity index (χ0) is 10.0. The van der Waals surface area contributed by atoms with E-state index in [1.807, 2.05) is 0 Å². The molecule has 0 aromatic heterocycles. The molecule has 0 aromatic rings. The minimum atomic E-state index is 0.588. The highest BCUT2D eigenvalue weighted by Gasteiger charge is 2.37. The SMILES string of the molecule is CC1CN(CC2(CS)CCC2)CCS1. The van der Waals surface area contributed by atoms with Gasteiger partial charge in [0.1, 0.15) is 0 Å². The molecule has 0 bridgehead atoms. The van der Waals surface area contributed by atoms with Crippen molar-refractivity contribution in [3.63, 3.8) is 0 Å². The maximum atomic E-state index is 4.52. The van der Waals surface area contributed by atoms with Crippen molar-refractivity contribution < 1.29 is 0 Å². The molecule has 1 heterocycles. The lowest BCUT2D eigenvalue weighted by Crippen LogP contribution is -2.47. The molecule has 1 atom stereocenters. The number of thioether (sulfide) groups is 1. The normalized spacial score (nSPS) is 32.6. The molecule has 82 valence electrons. The van der Waals surface area contributed by atoms with Gasteiger partial charge in [-0.2, -0.15) is 24.4 Å². The Morgan fingerprint density at radius 2 is 2.29 bits per heavy atom. The van der Waals surface area contributed by atoms with Crippen LogP contribution in [0.1, 0.15) is 26.2 Å². The van der Waals surface area contributed by atoms with Gasteiger partial charge in [0.2, 0.25) is 0 Å². The second-order valence-corrected chi connectivity index (χ2v) is 6.79. The fraction of sp³-hybridized carbons (Fsp3) is 1.00. The van der Waals surface area contributed by atoms with Gasteiger partial charge in [-0.3, -0.25) is 0 Å². The Labute approximate surface area is 97.4 Å². The largest absolute Gasteiger partial charge is 0.301 e. The first kappa shape index (κ1) is 11.2. The zero-order valence-electron chi connectivity index (χ0n) is 9.04. The minimum absolute atomic E-state index is 0.588. The highest BCUT2D eigenvalue weighted by atomic mass is 32.2. The summed E-state index contributed by atoms with van der Waals surface area (Å²) in [5.41, 5.74) is 0.588. The van der Waals surface area contributed by atoms with E-state index in [1.165, 1.54) is 44.6 Å². The van der Waals surface area contributed by atoms with E-state index in [2.05, 4.69) is 36.2 Å². The predicted molar refractivity (Wildman–Crippen MR) is 68.5 cm³/mol. The Morgan fingerprint density at radius 3 is 2.79 bits per heavy atom. The van der Waals surface area contributed by atoms with Gasteiger partial charge in [0, 0.05) is 30.6 Å². The molecule has 1 saturated carbocycles. The van der Waals surface area contributed by atoms with Crippen LogP contribution in [0.4, 0.5) is 0 Å². The summed E-state index contributed by atoms with van der Waals surface area (Å²) in [5.74, 6) is 2.41. The monoisotopic (exact) mass is 231 g/mol. The molecule has 2 rings (SSSR count). The summed E-state index contributed by atoms with van der Waals surface area (Å²) in [6, 6.07) is 0. The van der Waals surface area contributed by atoms with Crippen molar-refractivity contribution >= 4 is 24.4 Å². The predicted octanol–water partition coefficient (Wildman–Crippen LogP) is 2.52. The molecule has 0 spiro atoms. The average molecular weight is 231 g/mol. The van der Waals surface area contributed by atoms with Crippen LogP contribution in [0.15, 0.2) is 0 Å². The van der Waals surface area contributed by atoms with Crippen molar-refractivity contribution in [3.8, 4) is 0 Å². The smallest absolute Gasteiger partial charge is 0.0147 e. The number of hydrogen-bond acceptors (Lipinski definition) is 3. The van der Waals surface area contributed by atoms with Crippen LogP contribution in [0.2, 0.25) is 0 Å². The number of thiol groups is 1. The van der Waals surface area contributed by atoms with Crippen LogP contribution < -0.4 is 0 Å². The standard InChI is InChI=1S/C11H21NS2/c1-10-7-12(5-6-14-10)8-11(9-13)3-2-4-11/h10,13H,2-9H2,1H3. The first-order valence-corrected chi connectivity index (χ1v) is 7.37. The van der Waals surface area contributed by atoms with Gasteiger partial charge >= 0.3 is 0 Å². The van der Waals surface area contributed by atoms with Crippen molar-refractivity contribution in [1.82, 2.24) is 4.90 Å². The van der Waals surface area contributed by atoms with Crippen LogP contribution >= 0.6 is 24.4 Å². The number of rotatable bonds is 3. The summed E-state index contributed by atoms with van der Waals surface area (Å²) >= 11 is 6.64. The summed E-state index contributed by atoms with van der Waals surface area (Å²) in [7, 11) is 0. The molecule has 0 N–H and O–H groups in total. The van der Waals surface area contributed by atoms with Crippen LogP contribution in [0.5, 0.6) is 0 Å². The first-order valence-electron chi connectivity index (χ1n) is 5.69. The fourth-order valence-corrected chi connectivity index (χ4v) is 4.05. The fourth-order valence-electron chi connectivity index (χ4n) is 2.55. The molecule has 3 heteroatoms. The number of hydrogen-bond donors (Lipinski definition) is 1. The van der Waals surface area contributed by atoms with Crippen molar-refractivity contribution in [2.75, 3.05) is 31.1 Å². The zero-order valence-corrected chi connectivity index (χ0v) is 10.7. The quantitative estimate of drug-likeness (QED) is 0.744. The third-order valence-corrected chi connectivity index (χ3v) is 5.44. The maximum Gasteiger partial charge on any atom is 0.0147 e. The maximum absolute atomic E-state index is 4.52. The van der Waals surface area contributed by atoms with Crippen LogP contribution in [0, 0.1) is 5.41 Å². The third-order valence-electron chi connectivity index (χ3n) is 3.63. The summed E-state index contributed by atoms with van der Waals surface area (Å²) in [4.78, 5) is 2.66. The summed E-state index contributed by atoms with van der Waals surface area (Å²) in [6.07, 6.45) is 4.25. The van der Waals surface area contributed by atoms with Gasteiger partial charge in [0.15, 0.2) is 0 Å². The van der Waals surface area contributed by atoms with Gasteiger partial charge in [-0.15, -0.1) is 0 Å². The Balaban J connectivity index is 1.83. The molecule has 1 nitrogen and oxygen atoms in total. The first-order chi connectivity index (χ1) is 6.74. The minimum Gasteiger partial charge on any atom is -0.301 e. The second-order valence-electron chi connectivity index (χ2n) is 4.93. The molecule has 0 aromatic carbocycles.